The van der Waals surface area contributed by atoms with Gasteiger partial charge in [-0.2, -0.15) is 5.10 Å². The number of hydrogen-bond acceptors (Lipinski definition) is 4. The van der Waals surface area contributed by atoms with E-state index in [2.05, 4.69) is 26.3 Å². The van der Waals surface area contributed by atoms with Crippen LogP contribution in [-0.4, -0.2) is 53.9 Å². The summed E-state index contributed by atoms with van der Waals surface area (Å²) in [6.07, 6.45) is -0.767. The first-order valence-corrected chi connectivity index (χ1v) is 7.26. The molecule has 0 unspecified atom stereocenters. The number of hydrogen-bond donors (Lipinski definition) is 1. The maximum absolute atomic E-state index is 13.3. The fourth-order valence-electron chi connectivity index (χ4n) is 2.15. The molecule has 0 radical (unpaired) electrons. The standard InChI is InChI=1S/C12H17BrF2N4O2/c1-16-11(20)21-4-3-18(2)6-8-10(13)9-5-12(14,15)7-19(9)17-8/h3-7H2,1-2H3,(H,16,20). The van der Waals surface area contributed by atoms with E-state index < -0.39 is 12.0 Å². The molecular formula is C12H17BrF2N4O2. The van der Waals surface area contributed by atoms with E-state index >= 15 is 0 Å². The molecule has 0 aromatic carbocycles. The van der Waals surface area contributed by atoms with E-state index in [-0.39, 0.29) is 19.6 Å². The summed E-state index contributed by atoms with van der Waals surface area (Å²) in [6, 6.07) is 0. The van der Waals surface area contributed by atoms with Crippen molar-refractivity contribution in [2.45, 2.75) is 25.4 Å². The van der Waals surface area contributed by atoms with Gasteiger partial charge in [0.25, 0.3) is 5.92 Å². The fourth-order valence-corrected chi connectivity index (χ4v) is 2.70. The number of aromatic nitrogens is 2. The Balaban J connectivity index is 1.88. The predicted octanol–water partition coefficient (Wildman–Crippen LogP) is 1.62. The summed E-state index contributed by atoms with van der Waals surface area (Å²) in [4.78, 5) is 12.8. The molecule has 0 bridgehead atoms. The maximum Gasteiger partial charge on any atom is 0.406 e. The second-order valence-corrected chi connectivity index (χ2v) is 5.81. The number of amides is 1. The lowest BCUT2D eigenvalue weighted by Crippen LogP contribution is -2.27. The lowest BCUT2D eigenvalue weighted by atomic mass is 10.2. The van der Waals surface area contributed by atoms with Crippen molar-refractivity contribution in [1.29, 1.82) is 0 Å². The molecule has 1 aliphatic heterocycles. The minimum atomic E-state index is -2.71. The average molecular weight is 367 g/mol. The number of alkyl halides is 2. The molecule has 0 saturated heterocycles. The Labute approximate surface area is 129 Å². The second-order valence-electron chi connectivity index (χ2n) is 5.02. The minimum Gasteiger partial charge on any atom is -0.448 e. The van der Waals surface area contributed by atoms with Crippen LogP contribution in [0.15, 0.2) is 4.47 Å². The van der Waals surface area contributed by atoms with Gasteiger partial charge in [-0.3, -0.25) is 9.58 Å². The highest BCUT2D eigenvalue weighted by molar-refractivity contribution is 9.10. The highest BCUT2D eigenvalue weighted by Gasteiger charge is 2.40. The van der Waals surface area contributed by atoms with Gasteiger partial charge in [-0.25, -0.2) is 13.6 Å². The zero-order valence-electron chi connectivity index (χ0n) is 11.8. The quantitative estimate of drug-likeness (QED) is 0.860. The van der Waals surface area contributed by atoms with Gasteiger partial charge < -0.3 is 10.1 Å². The van der Waals surface area contributed by atoms with Crippen molar-refractivity contribution >= 4 is 22.0 Å². The van der Waals surface area contributed by atoms with E-state index in [1.54, 1.807) is 0 Å². The van der Waals surface area contributed by atoms with Crippen LogP contribution in [0.2, 0.25) is 0 Å². The lowest BCUT2D eigenvalue weighted by molar-refractivity contribution is 0.000739. The first-order valence-electron chi connectivity index (χ1n) is 6.47. The molecule has 2 rings (SSSR count). The first kappa shape index (κ1) is 16.2. The van der Waals surface area contributed by atoms with Crippen LogP contribution in [0.25, 0.3) is 0 Å². The number of nitrogens with zero attached hydrogens (tertiary/aromatic N) is 3. The van der Waals surface area contributed by atoms with Crippen LogP contribution in [0.1, 0.15) is 11.4 Å². The minimum absolute atomic E-state index is 0.249. The van der Waals surface area contributed by atoms with Crippen molar-refractivity contribution in [2.75, 3.05) is 27.2 Å². The van der Waals surface area contributed by atoms with Crippen molar-refractivity contribution in [3.63, 3.8) is 0 Å². The molecule has 0 fully saturated rings. The number of fused-ring (bicyclic) bond motifs is 1. The normalized spacial score (nSPS) is 16.1. The molecule has 0 spiro atoms. The Morgan fingerprint density at radius 2 is 2.33 bits per heavy atom. The molecule has 118 valence electrons. The van der Waals surface area contributed by atoms with E-state index in [1.807, 2.05) is 11.9 Å². The zero-order chi connectivity index (χ0) is 15.6. The van der Waals surface area contributed by atoms with Gasteiger partial charge in [0.1, 0.15) is 13.2 Å². The van der Waals surface area contributed by atoms with Gasteiger partial charge in [-0.05, 0) is 23.0 Å². The van der Waals surface area contributed by atoms with Gasteiger partial charge in [0.15, 0.2) is 0 Å². The second kappa shape index (κ2) is 6.27. The number of likely N-dealkylation sites (N-methyl/N-ethyl adjacent to an activating group) is 1. The number of rotatable bonds is 5. The van der Waals surface area contributed by atoms with E-state index in [1.165, 1.54) is 11.7 Å². The highest BCUT2D eigenvalue weighted by atomic mass is 79.9. The van der Waals surface area contributed by atoms with Crippen LogP contribution in [0, 0.1) is 0 Å². The molecule has 0 aliphatic carbocycles. The van der Waals surface area contributed by atoms with Crippen molar-refractivity contribution in [3.8, 4) is 0 Å². The Bertz CT molecular complexity index is 536. The summed E-state index contributed by atoms with van der Waals surface area (Å²) < 4.78 is 33.4. The molecule has 1 aromatic heterocycles. The summed E-state index contributed by atoms with van der Waals surface area (Å²) in [5.74, 6) is -2.71. The van der Waals surface area contributed by atoms with E-state index in [9.17, 15) is 13.6 Å². The molecule has 6 nitrogen and oxygen atoms in total. The molecule has 9 heteroatoms. The highest BCUT2D eigenvalue weighted by Crippen LogP contribution is 2.35. The molecular weight excluding hydrogens is 350 g/mol. The summed E-state index contributed by atoms with van der Waals surface area (Å²) in [6.45, 7) is 0.894. The average Bonchev–Trinajstić information content (AvgIpc) is 2.84. The number of carbonyl (C=O) groups is 1. The molecule has 1 N–H and O–H groups in total. The molecule has 2 heterocycles. The van der Waals surface area contributed by atoms with Crippen molar-refractivity contribution in [1.82, 2.24) is 20.0 Å². The van der Waals surface area contributed by atoms with Crippen LogP contribution in [0.4, 0.5) is 13.6 Å². The summed E-state index contributed by atoms with van der Waals surface area (Å²) >= 11 is 3.35. The Morgan fingerprint density at radius 1 is 1.62 bits per heavy atom. The van der Waals surface area contributed by atoms with Gasteiger partial charge in [0.05, 0.1) is 22.3 Å². The zero-order valence-corrected chi connectivity index (χ0v) is 13.4. The number of nitrogens with one attached hydrogen (secondary N) is 1. The van der Waals surface area contributed by atoms with Gasteiger partial charge in [-0.1, -0.05) is 0 Å². The summed E-state index contributed by atoms with van der Waals surface area (Å²) in [7, 11) is 3.34. The first-order chi connectivity index (χ1) is 9.82. The van der Waals surface area contributed by atoms with Crippen LogP contribution >= 0.6 is 15.9 Å². The number of carbonyl (C=O) groups excluding carboxylic acids is 1. The van der Waals surface area contributed by atoms with Crippen LogP contribution < -0.4 is 5.32 Å². The number of ether oxygens (including phenoxy) is 1. The third kappa shape index (κ3) is 3.91. The van der Waals surface area contributed by atoms with E-state index in [0.717, 1.165) is 0 Å². The topological polar surface area (TPSA) is 59.4 Å². The number of halogens is 3. The smallest absolute Gasteiger partial charge is 0.406 e. The Hall–Kier alpha value is -1.22. The molecule has 1 aliphatic rings. The molecule has 0 atom stereocenters. The fraction of sp³-hybridized carbons (Fsp3) is 0.667. The monoisotopic (exact) mass is 366 g/mol. The molecule has 0 saturated carbocycles. The van der Waals surface area contributed by atoms with Crippen molar-refractivity contribution in [2.24, 2.45) is 0 Å². The lowest BCUT2D eigenvalue weighted by Gasteiger charge is -2.15. The van der Waals surface area contributed by atoms with Crippen molar-refractivity contribution < 1.29 is 18.3 Å². The van der Waals surface area contributed by atoms with Crippen molar-refractivity contribution in [3.05, 3.63) is 15.9 Å². The van der Waals surface area contributed by atoms with Gasteiger partial charge >= 0.3 is 6.09 Å². The largest absolute Gasteiger partial charge is 0.448 e. The third-order valence-corrected chi connectivity index (χ3v) is 4.11. The molecule has 21 heavy (non-hydrogen) atoms. The van der Waals surface area contributed by atoms with Gasteiger partial charge in [0.2, 0.25) is 0 Å². The summed E-state index contributed by atoms with van der Waals surface area (Å²) in [5.41, 5.74) is 1.24. The predicted molar refractivity (Wildman–Crippen MR) is 75.3 cm³/mol. The van der Waals surface area contributed by atoms with Crippen LogP contribution in [0.3, 0.4) is 0 Å². The third-order valence-electron chi connectivity index (χ3n) is 3.20. The molecule has 1 amide bonds. The van der Waals surface area contributed by atoms with E-state index in [4.69, 9.17) is 4.74 Å². The Kier molecular flexibility index (Phi) is 4.82. The summed E-state index contributed by atoms with van der Waals surface area (Å²) in [5, 5.41) is 6.57. The van der Waals surface area contributed by atoms with Gasteiger partial charge in [-0.15, -0.1) is 0 Å². The van der Waals surface area contributed by atoms with Gasteiger partial charge in [0, 0.05) is 20.1 Å². The molecule has 1 aromatic rings. The van der Waals surface area contributed by atoms with Crippen LogP contribution in [0.5, 0.6) is 0 Å². The van der Waals surface area contributed by atoms with Crippen LogP contribution in [-0.2, 0) is 24.2 Å². The maximum atomic E-state index is 13.3. The number of alkyl carbamates (subject to hydrolysis) is 1. The Morgan fingerprint density at radius 3 is 2.95 bits per heavy atom. The SMILES string of the molecule is CNC(=O)OCCN(C)Cc1nn2c(c1Br)CC(F)(F)C2. The van der Waals surface area contributed by atoms with E-state index in [0.29, 0.717) is 29.0 Å².